The van der Waals surface area contributed by atoms with Gasteiger partial charge >= 0.3 is 5.97 Å². The maximum Gasteiger partial charge on any atom is 0.338 e. The van der Waals surface area contributed by atoms with Crippen molar-refractivity contribution in [3.8, 4) is 0 Å². The molecule has 3 rings (SSSR count). The van der Waals surface area contributed by atoms with Gasteiger partial charge in [0.1, 0.15) is 5.82 Å². The summed E-state index contributed by atoms with van der Waals surface area (Å²) in [5.41, 5.74) is 1.06. The Bertz CT molecular complexity index is 890. The molecule has 0 aliphatic carbocycles. The van der Waals surface area contributed by atoms with Crippen molar-refractivity contribution in [3.63, 3.8) is 0 Å². The van der Waals surface area contributed by atoms with Gasteiger partial charge in [0.15, 0.2) is 0 Å². The standard InChI is InChI=1S/C22H23FN2O4/c1-2-29-22(28)16-7-9-17(10-8-16)24-20(26)15-11-13-25(14-12-15)21(27)18-5-3-4-6-19(18)23/h3-10,15H,2,11-14H2,1H3,(H,24,26). The molecule has 1 N–H and O–H groups in total. The fourth-order valence-corrected chi connectivity index (χ4v) is 3.30. The van der Waals surface area contributed by atoms with Gasteiger partial charge in [-0.2, -0.15) is 0 Å². The smallest absolute Gasteiger partial charge is 0.338 e. The second-order valence-corrected chi connectivity index (χ2v) is 6.83. The second-order valence-electron chi connectivity index (χ2n) is 6.83. The molecule has 2 amide bonds. The van der Waals surface area contributed by atoms with E-state index < -0.39 is 11.8 Å². The van der Waals surface area contributed by atoms with Gasteiger partial charge in [-0.15, -0.1) is 0 Å². The summed E-state index contributed by atoms with van der Waals surface area (Å²) in [6.07, 6.45) is 1.01. The topological polar surface area (TPSA) is 75.7 Å². The van der Waals surface area contributed by atoms with Crippen molar-refractivity contribution >= 4 is 23.5 Å². The van der Waals surface area contributed by atoms with Crippen LogP contribution in [0.3, 0.4) is 0 Å². The Morgan fingerprint density at radius 2 is 1.72 bits per heavy atom. The first-order chi connectivity index (χ1) is 14.0. The number of nitrogens with one attached hydrogen (secondary N) is 1. The van der Waals surface area contributed by atoms with Gasteiger partial charge in [-0.25, -0.2) is 9.18 Å². The van der Waals surface area contributed by atoms with Crippen LogP contribution in [-0.2, 0) is 9.53 Å². The van der Waals surface area contributed by atoms with E-state index >= 15 is 0 Å². The number of ether oxygens (including phenoxy) is 1. The molecule has 152 valence electrons. The predicted octanol–water partition coefficient (Wildman–Crippen LogP) is 3.49. The summed E-state index contributed by atoms with van der Waals surface area (Å²) >= 11 is 0. The Kier molecular flexibility index (Phi) is 6.59. The lowest BCUT2D eigenvalue weighted by Crippen LogP contribution is -2.41. The van der Waals surface area contributed by atoms with Gasteiger partial charge in [0.25, 0.3) is 5.91 Å². The number of hydrogen-bond acceptors (Lipinski definition) is 4. The molecule has 7 heteroatoms. The lowest BCUT2D eigenvalue weighted by molar-refractivity contribution is -0.121. The zero-order valence-corrected chi connectivity index (χ0v) is 16.2. The van der Waals surface area contributed by atoms with Crippen molar-refractivity contribution in [2.75, 3.05) is 25.0 Å². The van der Waals surface area contributed by atoms with Gasteiger partial charge in [0.05, 0.1) is 17.7 Å². The molecular weight excluding hydrogens is 375 g/mol. The molecule has 1 saturated heterocycles. The van der Waals surface area contributed by atoms with E-state index in [1.165, 1.54) is 12.1 Å². The average Bonchev–Trinajstić information content (AvgIpc) is 2.74. The van der Waals surface area contributed by atoms with Gasteiger partial charge < -0.3 is 15.0 Å². The van der Waals surface area contributed by atoms with E-state index in [4.69, 9.17) is 4.74 Å². The molecule has 6 nitrogen and oxygen atoms in total. The number of hydrogen-bond donors (Lipinski definition) is 1. The molecule has 0 spiro atoms. The van der Waals surface area contributed by atoms with Gasteiger partial charge in [-0.3, -0.25) is 9.59 Å². The number of piperidine rings is 1. The highest BCUT2D eigenvalue weighted by Gasteiger charge is 2.28. The highest BCUT2D eigenvalue weighted by atomic mass is 19.1. The van der Waals surface area contributed by atoms with Crippen molar-refractivity contribution in [2.45, 2.75) is 19.8 Å². The van der Waals surface area contributed by atoms with Gasteiger partial charge in [0, 0.05) is 24.7 Å². The van der Waals surface area contributed by atoms with E-state index in [-0.39, 0.29) is 23.3 Å². The number of anilines is 1. The minimum absolute atomic E-state index is 0.0529. The molecule has 0 bridgehead atoms. The Labute approximate surface area is 168 Å². The Morgan fingerprint density at radius 1 is 1.07 bits per heavy atom. The molecule has 2 aromatic carbocycles. The fourth-order valence-electron chi connectivity index (χ4n) is 3.30. The number of amides is 2. The van der Waals surface area contributed by atoms with E-state index in [1.807, 2.05) is 0 Å². The number of halogens is 1. The molecule has 1 heterocycles. The SMILES string of the molecule is CCOC(=O)c1ccc(NC(=O)C2CCN(C(=O)c3ccccc3F)CC2)cc1. The summed E-state index contributed by atoms with van der Waals surface area (Å²) < 4.78 is 18.8. The molecule has 1 aliphatic heterocycles. The monoisotopic (exact) mass is 398 g/mol. The zero-order valence-electron chi connectivity index (χ0n) is 16.2. The van der Waals surface area contributed by atoms with Crippen molar-refractivity contribution < 1.29 is 23.5 Å². The van der Waals surface area contributed by atoms with E-state index in [0.29, 0.717) is 43.8 Å². The van der Waals surface area contributed by atoms with Crippen LogP contribution in [0.2, 0.25) is 0 Å². The molecule has 0 aromatic heterocycles. The Hall–Kier alpha value is -3.22. The number of likely N-dealkylation sites (tertiary alicyclic amines) is 1. The lowest BCUT2D eigenvalue weighted by Gasteiger charge is -2.31. The maximum absolute atomic E-state index is 13.8. The number of carbonyl (C=O) groups excluding carboxylic acids is 3. The maximum atomic E-state index is 13.8. The number of esters is 1. The third kappa shape index (κ3) is 4.99. The van der Waals surface area contributed by atoms with Crippen LogP contribution in [0.15, 0.2) is 48.5 Å². The summed E-state index contributed by atoms with van der Waals surface area (Å²) in [5, 5.41) is 2.84. The van der Waals surface area contributed by atoms with Gasteiger partial charge in [-0.1, -0.05) is 12.1 Å². The number of rotatable bonds is 5. The number of nitrogens with zero attached hydrogens (tertiary/aromatic N) is 1. The highest BCUT2D eigenvalue weighted by Crippen LogP contribution is 2.22. The minimum atomic E-state index is -0.538. The van der Waals surface area contributed by atoms with Crippen LogP contribution < -0.4 is 5.32 Å². The molecule has 0 saturated carbocycles. The third-order valence-electron chi connectivity index (χ3n) is 4.92. The molecular formula is C22H23FN2O4. The summed E-state index contributed by atoms with van der Waals surface area (Å²) in [7, 11) is 0. The van der Waals surface area contributed by atoms with E-state index in [0.717, 1.165) is 0 Å². The predicted molar refractivity (Wildman–Crippen MR) is 106 cm³/mol. The Morgan fingerprint density at radius 3 is 2.34 bits per heavy atom. The van der Waals surface area contributed by atoms with Crippen molar-refractivity contribution in [2.24, 2.45) is 5.92 Å². The van der Waals surface area contributed by atoms with Crippen LogP contribution in [0.1, 0.15) is 40.5 Å². The molecule has 2 aromatic rings. The molecule has 0 radical (unpaired) electrons. The number of carbonyl (C=O) groups is 3. The first-order valence-corrected chi connectivity index (χ1v) is 9.61. The fraction of sp³-hybridized carbons (Fsp3) is 0.318. The van der Waals surface area contributed by atoms with Crippen LogP contribution in [0, 0.1) is 11.7 Å². The summed E-state index contributed by atoms with van der Waals surface area (Å²) in [4.78, 5) is 38.2. The lowest BCUT2D eigenvalue weighted by atomic mass is 9.95. The zero-order chi connectivity index (χ0) is 20.8. The third-order valence-corrected chi connectivity index (χ3v) is 4.92. The van der Waals surface area contributed by atoms with E-state index in [2.05, 4.69) is 5.32 Å². The summed E-state index contributed by atoms with van der Waals surface area (Å²) in [6, 6.07) is 12.4. The first-order valence-electron chi connectivity index (χ1n) is 9.61. The largest absolute Gasteiger partial charge is 0.462 e. The van der Waals surface area contributed by atoms with Crippen LogP contribution in [0.25, 0.3) is 0 Å². The first kappa shape index (κ1) is 20.5. The number of benzene rings is 2. The molecule has 0 atom stereocenters. The second kappa shape index (κ2) is 9.32. The molecule has 1 aliphatic rings. The minimum Gasteiger partial charge on any atom is -0.462 e. The van der Waals surface area contributed by atoms with Crippen molar-refractivity contribution in [3.05, 3.63) is 65.5 Å². The van der Waals surface area contributed by atoms with E-state index in [9.17, 15) is 18.8 Å². The summed E-state index contributed by atoms with van der Waals surface area (Å²) in [5.74, 6) is -1.66. The molecule has 0 unspecified atom stereocenters. The van der Waals surface area contributed by atoms with Gasteiger partial charge in [0.2, 0.25) is 5.91 Å². The van der Waals surface area contributed by atoms with Gasteiger partial charge in [-0.05, 0) is 56.2 Å². The van der Waals surface area contributed by atoms with E-state index in [1.54, 1.807) is 48.2 Å². The van der Waals surface area contributed by atoms with Crippen LogP contribution in [0.5, 0.6) is 0 Å². The van der Waals surface area contributed by atoms with Crippen molar-refractivity contribution in [1.82, 2.24) is 4.90 Å². The average molecular weight is 398 g/mol. The molecule has 1 fully saturated rings. The van der Waals surface area contributed by atoms with Crippen LogP contribution >= 0.6 is 0 Å². The highest BCUT2D eigenvalue weighted by molar-refractivity contribution is 5.96. The Balaban J connectivity index is 1.53. The van der Waals surface area contributed by atoms with Crippen LogP contribution in [0.4, 0.5) is 10.1 Å². The van der Waals surface area contributed by atoms with Crippen LogP contribution in [-0.4, -0.2) is 42.4 Å². The normalized spacial score (nSPS) is 14.3. The van der Waals surface area contributed by atoms with Crippen molar-refractivity contribution in [1.29, 1.82) is 0 Å². The quantitative estimate of drug-likeness (QED) is 0.783. The molecule has 29 heavy (non-hydrogen) atoms. The summed E-state index contributed by atoms with van der Waals surface area (Å²) in [6.45, 7) is 2.83.